The van der Waals surface area contributed by atoms with Crippen LogP contribution in [0.5, 0.6) is 0 Å². The van der Waals surface area contributed by atoms with E-state index in [2.05, 4.69) is 59.2 Å². The standard InChI is InChI=1S/C25H32N4/c1-17(2)18(3)14-22(26-4)23-15-24(20-6-5-7-20)29-16-21(8-9-25(29)28-23)19-10-12-27-13-11-19/h8-9,14-16,19,27H,1,5-7,10-13H2,2-4H3/b18-14+,26-22?. The van der Waals surface area contributed by atoms with Crippen molar-refractivity contribution in [2.24, 2.45) is 15.9 Å². The van der Waals surface area contributed by atoms with Gasteiger partial charge in [-0.1, -0.05) is 18.2 Å². The topological polar surface area (TPSA) is 40.0 Å². The molecule has 1 saturated heterocycles. The number of hydrogen-bond acceptors (Lipinski definition) is 4. The Kier molecular flexibility index (Phi) is 5.81. The van der Waals surface area contributed by atoms with Gasteiger partial charge in [0.2, 0.25) is 0 Å². The molecule has 1 saturated carbocycles. The summed E-state index contributed by atoms with van der Waals surface area (Å²) in [6.45, 7) is 10.4. The van der Waals surface area contributed by atoms with E-state index in [1.165, 1.54) is 48.9 Å². The molecule has 4 aliphatic rings. The fraction of sp³-hybridized carbons (Fsp3) is 0.440. The van der Waals surface area contributed by atoms with Crippen LogP contribution in [0.2, 0.25) is 0 Å². The summed E-state index contributed by atoms with van der Waals surface area (Å²) >= 11 is 0. The van der Waals surface area contributed by atoms with Crippen molar-refractivity contribution in [2.75, 3.05) is 20.1 Å². The van der Waals surface area contributed by atoms with E-state index >= 15 is 0 Å². The lowest BCUT2D eigenvalue weighted by Crippen LogP contribution is -2.34. The van der Waals surface area contributed by atoms with Crippen molar-refractivity contribution in [3.05, 3.63) is 70.8 Å². The molecule has 29 heavy (non-hydrogen) atoms. The molecule has 0 radical (unpaired) electrons. The predicted molar refractivity (Wildman–Crippen MR) is 123 cm³/mol. The molecule has 1 N–H and O–H groups in total. The van der Waals surface area contributed by atoms with Gasteiger partial charge in [0.05, 0.1) is 11.4 Å². The van der Waals surface area contributed by atoms with Gasteiger partial charge in [0.1, 0.15) is 5.84 Å². The van der Waals surface area contributed by atoms with Gasteiger partial charge in [0.25, 0.3) is 0 Å². The smallest absolute Gasteiger partial charge is 0.137 e. The van der Waals surface area contributed by atoms with E-state index in [0.29, 0.717) is 5.92 Å². The first kappa shape index (κ1) is 19.8. The van der Waals surface area contributed by atoms with E-state index in [0.717, 1.165) is 41.5 Å². The average Bonchev–Trinajstić information content (AvgIpc) is 2.70. The van der Waals surface area contributed by atoms with Crippen LogP contribution in [0.1, 0.15) is 46.0 Å². The maximum absolute atomic E-state index is 4.98. The molecular weight excluding hydrogens is 356 g/mol. The fourth-order valence-corrected chi connectivity index (χ4v) is 4.14. The van der Waals surface area contributed by atoms with E-state index in [1.807, 2.05) is 14.0 Å². The Morgan fingerprint density at radius 2 is 2.00 bits per heavy atom. The van der Waals surface area contributed by atoms with Crippen LogP contribution in [0.15, 0.2) is 80.8 Å². The zero-order chi connectivity index (χ0) is 20.4. The molecule has 4 rings (SSSR count). The van der Waals surface area contributed by atoms with Gasteiger partial charge in [0, 0.05) is 18.9 Å². The zero-order valence-electron chi connectivity index (χ0n) is 18.0. The van der Waals surface area contributed by atoms with Crippen molar-refractivity contribution >= 4 is 11.5 Å². The lowest BCUT2D eigenvalue weighted by Gasteiger charge is -2.35. The van der Waals surface area contributed by atoms with Crippen molar-refractivity contribution in [3.8, 4) is 0 Å². The molecule has 2 fully saturated rings. The van der Waals surface area contributed by atoms with Gasteiger partial charge in [-0.15, -0.1) is 0 Å². The van der Waals surface area contributed by atoms with Crippen molar-refractivity contribution in [3.63, 3.8) is 0 Å². The maximum atomic E-state index is 4.98. The summed E-state index contributed by atoms with van der Waals surface area (Å²) in [5.41, 5.74) is 8.31. The molecule has 3 heterocycles. The quantitative estimate of drug-likeness (QED) is 0.539. The fourth-order valence-electron chi connectivity index (χ4n) is 4.14. The van der Waals surface area contributed by atoms with Crippen LogP contribution in [0.3, 0.4) is 0 Å². The van der Waals surface area contributed by atoms with Crippen LogP contribution in [0.4, 0.5) is 0 Å². The van der Waals surface area contributed by atoms with Crippen LogP contribution in [-0.4, -0.2) is 36.6 Å². The third-order valence-corrected chi connectivity index (χ3v) is 6.38. The Balaban J connectivity index is 1.70. The molecule has 4 nitrogen and oxygen atoms in total. The second-order valence-electron chi connectivity index (χ2n) is 8.42. The summed E-state index contributed by atoms with van der Waals surface area (Å²) in [6, 6.07) is 0. The van der Waals surface area contributed by atoms with E-state index < -0.39 is 0 Å². The van der Waals surface area contributed by atoms with Crippen LogP contribution in [-0.2, 0) is 0 Å². The lowest BCUT2D eigenvalue weighted by molar-refractivity contribution is 0.420. The highest BCUT2D eigenvalue weighted by atomic mass is 15.2. The van der Waals surface area contributed by atoms with Crippen LogP contribution in [0, 0.1) is 5.92 Å². The summed E-state index contributed by atoms with van der Waals surface area (Å²) in [6.07, 6.45) is 17.2. The minimum atomic E-state index is 0.640. The highest BCUT2D eigenvalue weighted by Crippen LogP contribution is 2.36. The largest absolute Gasteiger partial charge is 0.317 e. The molecule has 0 spiro atoms. The number of piperidine rings is 1. The second kappa shape index (κ2) is 8.50. The molecule has 0 amide bonds. The molecule has 4 heteroatoms. The minimum Gasteiger partial charge on any atom is -0.317 e. The van der Waals surface area contributed by atoms with E-state index in [4.69, 9.17) is 4.99 Å². The molecular formula is C25H32N4. The van der Waals surface area contributed by atoms with Crippen molar-refractivity contribution in [1.29, 1.82) is 0 Å². The SMILES string of the molecule is C=C(C)/C(C)=C/C(=NC)C1=CC(=C2CCC2)N2C=C(C3CCNCC3)C=CC2=N1. The third-order valence-electron chi connectivity index (χ3n) is 6.38. The molecule has 152 valence electrons. The first-order valence-corrected chi connectivity index (χ1v) is 10.8. The van der Waals surface area contributed by atoms with E-state index in [1.54, 1.807) is 0 Å². The molecule has 3 aliphatic heterocycles. The lowest BCUT2D eigenvalue weighted by atomic mass is 9.87. The van der Waals surface area contributed by atoms with Gasteiger partial charge in [-0.2, -0.15) is 0 Å². The Bertz CT molecular complexity index is 908. The zero-order valence-corrected chi connectivity index (χ0v) is 18.0. The van der Waals surface area contributed by atoms with Gasteiger partial charge in [-0.3, -0.25) is 4.99 Å². The number of nitrogens with one attached hydrogen (secondary N) is 1. The number of hydrogen-bond donors (Lipinski definition) is 1. The van der Waals surface area contributed by atoms with Crippen molar-refractivity contribution in [1.82, 2.24) is 10.2 Å². The number of allylic oxidation sites excluding steroid dienone is 7. The number of aliphatic imine (C=N–C) groups is 2. The summed E-state index contributed by atoms with van der Waals surface area (Å²) in [5.74, 6) is 1.64. The molecule has 0 bridgehead atoms. The summed E-state index contributed by atoms with van der Waals surface area (Å²) in [7, 11) is 1.84. The first-order chi connectivity index (χ1) is 14.1. The molecule has 0 unspecified atom stereocenters. The van der Waals surface area contributed by atoms with Crippen LogP contribution >= 0.6 is 0 Å². The van der Waals surface area contributed by atoms with Crippen molar-refractivity contribution in [2.45, 2.75) is 46.0 Å². The highest BCUT2D eigenvalue weighted by Gasteiger charge is 2.28. The molecule has 0 atom stereocenters. The van der Waals surface area contributed by atoms with Gasteiger partial charge >= 0.3 is 0 Å². The monoisotopic (exact) mass is 388 g/mol. The number of nitrogens with zero attached hydrogens (tertiary/aromatic N) is 3. The second-order valence-corrected chi connectivity index (χ2v) is 8.42. The van der Waals surface area contributed by atoms with Crippen LogP contribution < -0.4 is 5.32 Å². The van der Waals surface area contributed by atoms with Gasteiger partial charge in [-0.25, -0.2) is 4.99 Å². The van der Waals surface area contributed by atoms with Gasteiger partial charge < -0.3 is 10.2 Å². The Morgan fingerprint density at radius 3 is 2.62 bits per heavy atom. The summed E-state index contributed by atoms with van der Waals surface area (Å²) in [5, 5.41) is 3.47. The third kappa shape index (κ3) is 4.13. The van der Waals surface area contributed by atoms with E-state index in [-0.39, 0.29) is 0 Å². The molecule has 0 aromatic heterocycles. The number of rotatable bonds is 4. The Labute approximate surface area is 174 Å². The Morgan fingerprint density at radius 1 is 1.24 bits per heavy atom. The maximum Gasteiger partial charge on any atom is 0.137 e. The normalized spacial score (nSPS) is 23.3. The molecule has 1 aliphatic carbocycles. The molecule has 0 aromatic carbocycles. The van der Waals surface area contributed by atoms with Crippen molar-refractivity contribution < 1.29 is 0 Å². The Hall–Kier alpha value is -2.46. The van der Waals surface area contributed by atoms with Crippen LogP contribution in [0.25, 0.3) is 0 Å². The number of fused-ring (bicyclic) bond motifs is 1. The molecule has 0 aromatic rings. The number of amidine groups is 1. The van der Waals surface area contributed by atoms with E-state index in [9.17, 15) is 0 Å². The minimum absolute atomic E-state index is 0.640. The summed E-state index contributed by atoms with van der Waals surface area (Å²) in [4.78, 5) is 11.8. The average molecular weight is 389 g/mol. The predicted octanol–water partition coefficient (Wildman–Crippen LogP) is 5.07. The first-order valence-electron chi connectivity index (χ1n) is 10.8. The van der Waals surface area contributed by atoms with Gasteiger partial charge in [0.15, 0.2) is 0 Å². The summed E-state index contributed by atoms with van der Waals surface area (Å²) < 4.78 is 0. The van der Waals surface area contributed by atoms with Gasteiger partial charge in [-0.05, 0) is 99.9 Å². The highest BCUT2D eigenvalue weighted by molar-refractivity contribution is 6.12.